The van der Waals surface area contributed by atoms with E-state index in [0.717, 1.165) is 19.5 Å². The van der Waals surface area contributed by atoms with Gasteiger partial charge in [-0.05, 0) is 19.3 Å². The molecule has 4 nitrogen and oxygen atoms in total. The van der Waals surface area contributed by atoms with Crippen LogP contribution in [0.5, 0.6) is 0 Å². The molecule has 0 unspecified atom stereocenters. The van der Waals surface area contributed by atoms with Crippen molar-refractivity contribution in [2.45, 2.75) is 26.2 Å². The van der Waals surface area contributed by atoms with Crippen molar-refractivity contribution >= 4 is 12.2 Å². The van der Waals surface area contributed by atoms with Crippen LogP contribution in [0.3, 0.4) is 0 Å². The highest BCUT2D eigenvalue weighted by Gasteiger charge is 2.13. The predicted octanol–water partition coefficient (Wildman–Crippen LogP) is 1.00. The maximum absolute atomic E-state index is 7.57. The van der Waals surface area contributed by atoms with Crippen LogP contribution < -0.4 is 5.43 Å². The highest BCUT2D eigenvalue weighted by molar-refractivity contribution is 5.77. The van der Waals surface area contributed by atoms with Crippen LogP contribution in [0, 0.1) is 5.41 Å². The molecule has 0 aromatic carbocycles. The van der Waals surface area contributed by atoms with Gasteiger partial charge in [-0.15, -0.1) is 0 Å². The van der Waals surface area contributed by atoms with Crippen LogP contribution in [0.4, 0.5) is 0 Å². The van der Waals surface area contributed by atoms with Crippen molar-refractivity contribution in [1.29, 1.82) is 5.41 Å². The van der Waals surface area contributed by atoms with Gasteiger partial charge in [-0.25, -0.2) is 5.43 Å². The van der Waals surface area contributed by atoms with Crippen LogP contribution in [-0.2, 0) is 0 Å². The molecule has 1 saturated heterocycles. The fourth-order valence-corrected chi connectivity index (χ4v) is 1.21. The third-order valence-electron chi connectivity index (χ3n) is 1.87. The lowest BCUT2D eigenvalue weighted by Crippen LogP contribution is -2.35. The van der Waals surface area contributed by atoms with Crippen LogP contribution in [0.1, 0.15) is 26.2 Å². The van der Waals surface area contributed by atoms with Gasteiger partial charge < -0.3 is 4.90 Å². The van der Waals surface area contributed by atoms with Crippen LogP contribution in [0.15, 0.2) is 5.10 Å². The van der Waals surface area contributed by atoms with Crippen LogP contribution >= 0.6 is 0 Å². The minimum Gasteiger partial charge on any atom is -0.342 e. The van der Waals surface area contributed by atoms with E-state index in [0.29, 0.717) is 5.96 Å². The van der Waals surface area contributed by atoms with E-state index in [1.54, 1.807) is 6.21 Å². The first-order valence-corrected chi connectivity index (χ1v) is 4.45. The number of guanidine groups is 1. The fourth-order valence-electron chi connectivity index (χ4n) is 1.21. The molecule has 1 aliphatic heterocycles. The highest BCUT2D eigenvalue weighted by atomic mass is 15.4. The Kier molecular flexibility index (Phi) is 3.57. The van der Waals surface area contributed by atoms with E-state index in [2.05, 4.69) is 10.5 Å². The van der Waals surface area contributed by atoms with Gasteiger partial charge in [0, 0.05) is 19.3 Å². The second-order valence-electron chi connectivity index (χ2n) is 2.87. The summed E-state index contributed by atoms with van der Waals surface area (Å²) in [6.45, 7) is 4.01. The van der Waals surface area contributed by atoms with Crippen molar-refractivity contribution in [2.75, 3.05) is 13.1 Å². The molecule has 1 rings (SSSR count). The summed E-state index contributed by atoms with van der Waals surface area (Å²) in [5.74, 6) is 0.428. The van der Waals surface area contributed by atoms with Crippen molar-refractivity contribution in [1.82, 2.24) is 10.3 Å². The van der Waals surface area contributed by atoms with Gasteiger partial charge in [0.1, 0.15) is 0 Å². The molecule has 0 spiro atoms. The van der Waals surface area contributed by atoms with E-state index in [1.165, 1.54) is 12.8 Å². The number of rotatable bonds is 2. The van der Waals surface area contributed by atoms with E-state index in [-0.39, 0.29) is 0 Å². The van der Waals surface area contributed by atoms with Gasteiger partial charge in [0.25, 0.3) is 0 Å². The van der Waals surface area contributed by atoms with Crippen molar-refractivity contribution in [2.24, 2.45) is 5.10 Å². The Morgan fingerprint density at radius 1 is 1.58 bits per heavy atom. The molecule has 0 radical (unpaired) electrons. The first-order chi connectivity index (χ1) is 5.84. The van der Waals surface area contributed by atoms with Gasteiger partial charge in [-0.2, -0.15) is 5.10 Å². The lowest BCUT2D eigenvalue weighted by molar-refractivity contribution is 0.493. The number of hydrogen-bond acceptors (Lipinski definition) is 2. The molecular weight excluding hydrogens is 152 g/mol. The van der Waals surface area contributed by atoms with E-state index >= 15 is 0 Å². The topological polar surface area (TPSA) is 51.5 Å². The quantitative estimate of drug-likeness (QED) is 0.367. The van der Waals surface area contributed by atoms with Gasteiger partial charge in [-0.1, -0.05) is 6.92 Å². The molecule has 0 bridgehead atoms. The molecule has 0 amide bonds. The number of nitrogens with zero attached hydrogens (tertiary/aromatic N) is 2. The zero-order valence-corrected chi connectivity index (χ0v) is 7.51. The lowest BCUT2D eigenvalue weighted by atomic mass is 10.4. The first-order valence-electron chi connectivity index (χ1n) is 4.45. The highest BCUT2D eigenvalue weighted by Crippen LogP contribution is 2.05. The molecule has 1 heterocycles. The van der Waals surface area contributed by atoms with Crippen molar-refractivity contribution in [3.63, 3.8) is 0 Å². The molecule has 0 aromatic heterocycles. The van der Waals surface area contributed by atoms with Crippen LogP contribution in [0.25, 0.3) is 0 Å². The fraction of sp³-hybridized carbons (Fsp3) is 0.750. The average molecular weight is 168 g/mol. The third-order valence-corrected chi connectivity index (χ3v) is 1.87. The smallest absolute Gasteiger partial charge is 0.211 e. The maximum Gasteiger partial charge on any atom is 0.211 e. The molecule has 1 fully saturated rings. The summed E-state index contributed by atoms with van der Waals surface area (Å²) in [7, 11) is 0. The molecule has 2 N–H and O–H groups in total. The molecule has 0 aliphatic carbocycles. The standard InChI is InChI=1S/C8H16N4/c1-2-5-10-11-8(9)12-6-3-4-7-12/h5H,2-4,6-7H2,1H3,(H2,9,11)/b10-5+. The Labute approximate surface area is 73.1 Å². The predicted molar refractivity (Wildman–Crippen MR) is 50.5 cm³/mol. The zero-order valence-electron chi connectivity index (χ0n) is 7.51. The molecule has 1 aliphatic rings. The van der Waals surface area contributed by atoms with Crippen molar-refractivity contribution in [3.8, 4) is 0 Å². The van der Waals surface area contributed by atoms with Gasteiger partial charge in [0.15, 0.2) is 0 Å². The third kappa shape index (κ3) is 2.53. The van der Waals surface area contributed by atoms with Gasteiger partial charge >= 0.3 is 0 Å². The summed E-state index contributed by atoms with van der Waals surface area (Å²) >= 11 is 0. The second-order valence-corrected chi connectivity index (χ2v) is 2.87. The van der Waals surface area contributed by atoms with Crippen LogP contribution in [-0.4, -0.2) is 30.2 Å². The summed E-state index contributed by atoms with van der Waals surface area (Å²) in [6.07, 6.45) is 5.06. The van der Waals surface area contributed by atoms with Crippen molar-refractivity contribution in [3.05, 3.63) is 0 Å². The Balaban J connectivity index is 2.22. The molecule has 68 valence electrons. The molecule has 12 heavy (non-hydrogen) atoms. The Morgan fingerprint density at radius 3 is 2.83 bits per heavy atom. The summed E-state index contributed by atoms with van der Waals surface area (Å²) in [5.41, 5.74) is 2.70. The van der Waals surface area contributed by atoms with E-state index in [1.807, 2.05) is 11.8 Å². The van der Waals surface area contributed by atoms with Gasteiger partial charge in [0.05, 0.1) is 0 Å². The van der Waals surface area contributed by atoms with Gasteiger partial charge in [-0.3, -0.25) is 5.41 Å². The Bertz CT molecular complexity index is 170. The molecule has 4 heteroatoms. The second kappa shape index (κ2) is 4.74. The molecule has 0 aromatic rings. The SMILES string of the molecule is CC/C=N/NC(=N)N1CCCC1. The average Bonchev–Trinajstić information content (AvgIpc) is 2.56. The zero-order chi connectivity index (χ0) is 8.81. The number of likely N-dealkylation sites (tertiary alicyclic amines) is 1. The number of hydrazone groups is 1. The van der Waals surface area contributed by atoms with E-state index in [4.69, 9.17) is 5.41 Å². The number of hydrogen-bond donors (Lipinski definition) is 2. The van der Waals surface area contributed by atoms with E-state index < -0.39 is 0 Å². The molecule has 0 saturated carbocycles. The van der Waals surface area contributed by atoms with Gasteiger partial charge in [0.2, 0.25) is 5.96 Å². The van der Waals surface area contributed by atoms with Crippen LogP contribution in [0.2, 0.25) is 0 Å². The monoisotopic (exact) mass is 168 g/mol. The van der Waals surface area contributed by atoms with E-state index in [9.17, 15) is 0 Å². The minimum atomic E-state index is 0.428. The largest absolute Gasteiger partial charge is 0.342 e. The van der Waals surface area contributed by atoms with Crippen molar-refractivity contribution < 1.29 is 0 Å². The molecular formula is C8H16N4. The molecule has 0 atom stereocenters. The number of nitrogens with one attached hydrogen (secondary N) is 2. The lowest BCUT2D eigenvalue weighted by Gasteiger charge is -2.16. The maximum atomic E-state index is 7.57. The summed E-state index contributed by atoms with van der Waals surface area (Å²) in [5, 5.41) is 11.5. The normalized spacial score (nSPS) is 17.2. The summed E-state index contributed by atoms with van der Waals surface area (Å²) in [6, 6.07) is 0. The Hall–Kier alpha value is -1.06. The minimum absolute atomic E-state index is 0.428. The first kappa shape index (κ1) is 9.03. The Morgan fingerprint density at radius 2 is 2.25 bits per heavy atom. The summed E-state index contributed by atoms with van der Waals surface area (Å²) < 4.78 is 0. The summed E-state index contributed by atoms with van der Waals surface area (Å²) in [4.78, 5) is 2.01.